The van der Waals surface area contributed by atoms with Gasteiger partial charge in [0.2, 0.25) is 0 Å². The molecule has 5 rings (SSSR count). The third-order valence-corrected chi connectivity index (χ3v) is 5.04. The van der Waals surface area contributed by atoms with Crippen molar-refractivity contribution in [2.75, 3.05) is 18.5 Å². The number of carbonyl (C=O) groups is 1. The van der Waals surface area contributed by atoms with E-state index >= 15 is 0 Å². The minimum atomic E-state index is -0.478. The summed E-state index contributed by atoms with van der Waals surface area (Å²) in [7, 11) is 1.61. The van der Waals surface area contributed by atoms with Crippen molar-refractivity contribution in [1.29, 1.82) is 0 Å². The topological polar surface area (TPSA) is 100 Å². The van der Waals surface area contributed by atoms with Crippen molar-refractivity contribution in [2.24, 2.45) is 7.05 Å². The average molecular weight is 417 g/mol. The van der Waals surface area contributed by atoms with Gasteiger partial charge in [-0.2, -0.15) is 5.10 Å². The Balaban J connectivity index is 1.58. The molecule has 1 N–H and O–H groups in total. The van der Waals surface area contributed by atoms with E-state index in [1.165, 1.54) is 15.6 Å². The zero-order valence-corrected chi connectivity index (χ0v) is 17.0. The van der Waals surface area contributed by atoms with Crippen LogP contribution < -0.4 is 20.3 Å². The molecule has 1 amide bonds. The Kier molecular flexibility index (Phi) is 4.43. The van der Waals surface area contributed by atoms with Gasteiger partial charge in [-0.25, -0.2) is 9.67 Å². The quantitative estimate of drug-likeness (QED) is 0.550. The molecule has 0 fully saturated rings. The molecule has 1 aliphatic rings. The van der Waals surface area contributed by atoms with Crippen molar-refractivity contribution in [3.63, 3.8) is 0 Å². The Hall–Kier alpha value is -4.14. The first-order valence-electron chi connectivity index (χ1n) is 9.73. The molecular formula is C22H19N5O4. The number of nitrogens with one attached hydrogen (secondary N) is 1. The minimum absolute atomic E-state index is 0.0585. The smallest absolute Gasteiger partial charge is 0.279 e. The van der Waals surface area contributed by atoms with Gasteiger partial charge in [-0.15, -0.1) is 0 Å². The molecule has 2 aromatic carbocycles. The molecule has 9 nitrogen and oxygen atoms in total. The van der Waals surface area contributed by atoms with Crippen LogP contribution in [0.2, 0.25) is 0 Å². The van der Waals surface area contributed by atoms with E-state index in [2.05, 4.69) is 15.4 Å². The highest BCUT2D eigenvalue weighted by Gasteiger charge is 2.23. The zero-order chi connectivity index (χ0) is 21.5. The molecule has 0 saturated carbocycles. The maximum atomic E-state index is 13.1. The fraction of sp³-hybridized carbons (Fsp3) is 0.182. The number of fused-ring (bicyclic) bond motifs is 2. The molecule has 4 aromatic rings. The number of rotatable bonds is 3. The summed E-state index contributed by atoms with van der Waals surface area (Å²) >= 11 is 0. The number of amides is 1. The van der Waals surface area contributed by atoms with Crippen LogP contribution in [0, 0.1) is 6.92 Å². The first-order chi connectivity index (χ1) is 15.0. The highest BCUT2D eigenvalue weighted by atomic mass is 16.6. The number of anilines is 1. The number of carbonyl (C=O) groups excluding carboxylic acids is 1. The number of hydrogen-bond acceptors (Lipinski definition) is 6. The molecular weight excluding hydrogens is 398 g/mol. The Morgan fingerprint density at radius 1 is 1.06 bits per heavy atom. The molecule has 0 bridgehead atoms. The van der Waals surface area contributed by atoms with Gasteiger partial charge in [0.1, 0.15) is 18.7 Å². The summed E-state index contributed by atoms with van der Waals surface area (Å²) in [6.07, 6.45) is 1.38. The molecule has 0 aliphatic carbocycles. The Labute approximate surface area is 176 Å². The van der Waals surface area contributed by atoms with Crippen molar-refractivity contribution in [2.45, 2.75) is 6.92 Å². The summed E-state index contributed by atoms with van der Waals surface area (Å²) in [5, 5.41) is 7.26. The fourth-order valence-electron chi connectivity index (χ4n) is 3.42. The average Bonchev–Trinajstić information content (AvgIpc) is 3.17. The van der Waals surface area contributed by atoms with Crippen LogP contribution in [0.25, 0.3) is 16.7 Å². The number of nitrogens with zero attached hydrogens (tertiary/aromatic N) is 4. The van der Waals surface area contributed by atoms with Crippen LogP contribution in [-0.2, 0) is 7.05 Å². The summed E-state index contributed by atoms with van der Waals surface area (Å²) < 4.78 is 13.9. The highest BCUT2D eigenvalue weighted by Crippen LogP contribution is 2.32. The Morgan fingerprint density at radius 2 is 1.81 bits per heavy atom. The van der Waals surface area contributed by atoms with Crippen molar-refractivity contribution in [3.05, 3.63) is 70.4 Å². The Morgan fingerprint density at radius 3 is 2.58 bits per heavy atom. The van der Waals surface area contributed by atoms with Crippen LogP contribution in [0.4, 0.5) is 5.69 Å². The predicted octanol–water partition coefficient (Wildman–Crippen LogP) is 2.45. The molecule has 0 atom stereocenters. The number of ether oxygens (including phenoxy) is 2. The second kappa shape index (κ2) is 7.28. The lowest BCUT2D eigenvalue weighted by Crippen LogP contribution is -2.19. The molecule has 0 radical (unpaired) electrons. The van der Waals surface area contributed by atoms with Gasteiger partial charge in [-0.1, -0.05) is 17.7 Å². The van der Waals surface area contributed by atoms with Crippen LogP contribution in [-0.4, -0.2) is 38.5 Å². The lowest BCUT2D eigenvalue weighted by molar-refractivity contribution is 0.102. The second-order valence-corrected chi connectivity index (χ2v) is 7.27. The molecule has 0 saturated heterocycles. The predicted molar refractivity (Wildman–Crippen MR) is 114 cm³/mol. The monoisotopic (exact) mass is 417 g/mol. The molecule has 0 unspecified atom stereocenters. The summed E-state index contributed by atoms with van der Waals surface area (Å²) in [5.41, 5.74) is 2.50. The second-order valence-electron chi connectivity index (χ2n) is 7.27. The lowest BCUT2D eigenvalue weighted by Gasteiger charge is -2.18. The SMILES string of the molecule is Cc1ccc(-n2nc(C(=O)Nc3ccc4c(c3)OCCO4)c3ncn(C)c(=O)c32)cc1. The van der Waals surface area contributed by atoms with Gasteiger partial charge in [-0.3, -0.25) is 9.59 Å². The first kappa shape index (κ1) is 18.9. The van der Waals surface area contributed by atoms with E-state index < -0.39 is 5.91 Å². The van der Waals surface area contributed by atoms with Crippen LogP contribution in [0.1, 0.15) is 16.1 Å². The number of aromatic nitrogens is 4. The summed E-state index contributed by atoms with van der Waals surface area (Å²) in [6, 6.07) is 12.7. The van der Waals surface area contributed by atoms with Crippen LogP contribution in [0.3, 0.4) is 0 Å². The van der Waals surface area contributed by atoms with Gasteiger partial charge in [-0.05, 0) is 31.2 Å². The van der Waals surface area contributed by atoms with Gasteiger partial charge >= 0.3 is 0 Å². The van der Waals surface area contributed by atoms with E-state index in [-0.39, 0.29) is 22.3 Å². The standard InChI is InChI=1S/C22H19N5O4/c1-13-3-6-15(7-4-13)27-20-18(23-12-26(2)22(20)29)19(25-27)21(28)24-14-5-8-16-17(11-14)31-10-9-30-16/h3-8,11-12H,9-10H2,1-2H3,(H,24,28). The minimum Gasteiger partial charge on any atom is -0.486 e. The van der Waals surface area contributed by atoms with E-state index in [0.29, 0.717) is 36.1 Å². The molecule has 2 aromatic heterocycles. The molecule has 156 valence electrons. The van der Waals surface area contributed by atoms with E-state index in [9.17, 15) is 9.59 Å². The lowest BCUT2D eigenvalue weighted by atomic mass is 10.2. The van der Waals surface area contributed by atoms with Crippen molar-refractivity contribution < 1.29 is 14.3 Å². The molecule has 3 heterocycles. The highest BCUT2D eigenvalue weighted by molar-refractivity contribution is 6.10. The molecule has 0 spiro atoms. The molecule has 31 heavy (non-hydrogen) atoms. The van der Waals surface area contributed by atoms with E-state index in [4.69, 9.17) is 9.47 Å². The zero-order valence-electron chi connectivity index (χ0n) is 17.0. The van der Waals surface area contributed by atoms with Crippen LogP contribution in [0.5, 0.6) is 11.5 Å². The third kappa shape index (κ3) is 3.29. The van der Waals surface area contributed by atoms with Crippen molar-refractivity contribution in [3.8, 4) is 17.2 Å². The van der Waals surface area contributed by atoms with Crippen LogP contribution >= 0.6 is 0 Å². The maximum absolute atomic E-state index is 13.1. The summed E-state index contributed by atoms with van der Waals surface area (Å²) in [6.45, 7) is 2.91. The van der Waals surface area contributed by atoms with Gasteiger partial charge in [0, 0.05) is 18.8 Å². The van der Waals surface area contributed by atoms with Gasteiger partial charge in [0.15, 0.2) is 22.7 Å². The van der Waals surface area contributed by atoms with Gasteiger partial charge in [0.05, 0.1) is 12.0 Å². The first-order valence-corrected chi connectivity index (χ1v) is 9.73. The molecule has 9 heteroatoms. The number of hydrogen-bond donors (Lipinski definition) is 1. The molecule has 1 aliphatic heterocycles. The van der Waals surface area contributed by atoms with E-state index in [0.717, 1.165) is 5.56 Å². The number of benzene rings is 2. The summed E-state index contributed by atoms with van der Waals surface area (Å²) in [5.74, 6) is 0.711. The number of aryl methyl sites for hydroxylation is 2. The summed E-state index contributed by atoms with van der Waals surface area (Å²) in [4.78, 5) is 30.2. The van der Waals surface area contributed by atoms with E-state index in [1.807, 2.05) is 31.2 Å². The normalized spacial score (nSPS) is 12.7. The van der Waals surface area contributed by atoms with Crippen LogP contribution in [0.15, 0.2) is 53.6 Å². The fourth-order valence-corrected chi connectivity index (χ4v) is 3.42. The van der Waals surface area contributed by atoms with E-state index in [1.54, 1.807) is 25.2 Å². The Bertz CT molecular complexity index is 1370. The van der Waals surface area contributed by atoms with Gasteiger partial charge < -0.3 is 19.4 Å². The largest absolute Gasteiger partial charge is 0.486 e. The van der Waals surface area contributed by atoms with Crippen molar-refractivity contribution in [1.82, 2.24) is 19.3 Å². The van der Waals surface area contributed by atoms with Crippen molar-refractivity contribution >= 4 is 22.6 Å². The van der Waals surface area contributed by atoms with Gasteiger partial charge in [0.25, 0.3) is 11.5 Å². The third-order valence-electron chi connectivity index (χ3n) is 5.04. The maximum Gasteiger partial charge on any atom is 0.279 e.